The van der Waals surface area contributed by atoms with Crippen molar-refractivity contribution in [2.75, 3.05) is 45.8 Å². The molecule has 2 aromatic rings. The van der Waals surface area contributed by atoms with Crippen LogP contribution in [-0.4, -0.2) is 61.4 Å². The van der Waals surface area contributed by atoms with Gasteiger partial charge in [0.1, 0.15) is 0 Å². The van der Waals surface area contributed by atoms with Crippen LogP contribution in [0, 0.1) is 0 Å². The Balaban J connectivity index is 1.19. The van der Waals surface area contributed by atoms with Crippen LogP contribution in [0.5, 0.6) is 0 Å². The minimum atomic E-state index is 0.299. The van der Waals surface area contributed by atoms with Gasteiger partial charge in [-0.1, -0.05) is 42.5 Å². The number of carbonyl (C=O) groups is 1. The molecule has 0 bridgehead atoms. The molecule has 0 atom stereocenters. The number of benzene rings is 2. The minimum absolute atomic E-state index is 0.299. The molecule has 0 saturated carbocycles. The number of piperazine rings is 1. The molecule has 1 saturated heterocycles. The molecule has 0 aromatic heterocycles. The normalized spacial score (nSPS) is 18.2. The van der Waals surface area contributed by atoms with Gasteiger partial charge in [-0.3, -0.25) is 9.69 Å². The molecule has 4 nitrogen and oxygen atoms in total. The van der Waals surface area contributed by atoms with Crippen LogP contribution in [0.25, 0.3) is 0 Å². The second-order valence-corrected chi connectivity index (χ2v) is 8.36. The van der Waals surface area contributed by atoms with Crippen molar-refractivity contribution in [2.24, 2.45) is 0 Å². The van der Waals surface area contributed by atoms with Crippen molar-refractivity contribution in [1.82, 2.24) is 15.1 Å². The van der Waals surface area contributed by atoms with Gasteiger partial charge in [0.25, 0.3) is 0 Å². The quantitative estimate of drug-likeness (QED) is 0.736. The summed E-state index contributed by atoms with van der Waals surface area (Å²) in [7, 11) is 0. The number of nitrogens with one attached hydrogen (secondary N) is 1. The zero-order valence-electron chi connectivity index (χ0n) is 17.4. The van der Waals surface area contributed by atoms with Gasteiger partial charge in [-0.15, -0.1) is 0 Å². The fourth-order valence-electron chi connectivity index (χ4n) is 4.47. The summed E-state index contributed by atoms with van der Waals surface area (Å²) in [6.07, 6.45) is 3.71. The van der Waals surface area contributed by atoms with Crippen molar-refractivity contribution < 1.29 is 4.79 Å². The highest BCUT2D eigenvalue weighted by atomic mass is 16.1. The van der Waals surface area contributed by atoms with Crippen molar-refractivity contribution >= 4 is 5.78 Å². The van der Waals surface area contributed by atoms with Crippen molar-refractivity contribution in [2.45, 2.75) is 32.2 Å². The molecule has 29 heavy (non-hydrogen) atoms. The van der Waals surface area contributed by atoms with E-state index in [2.05, 4.69) is 57.6 Å². The number of rotatable bonds is 7. The van der Waals surface area contributed by atoms with Gasteiger partial charge in [-0.05, 0) is 61.7 Å². The minimum Gasteiger partial charge on any atom is -0.316 e. The topological polar surface area (TPSA) is 35.6 Å². The highest BCUT2D eigenvalue weighted by Gasteiger charge is 2.17. The highest BCUT2D eigenvalue weighted by Crippen LogP contribution is 2.17. The Morgan fingerprint density at radius 3 is 2.38 bits per heavy atom. The summed E-state index contributed by atoms with van der Waals surface area (Å²) in [6, 6.07) is 17.1. The van der Waals surface area contributed by atoms with Gasteiger partial charge in [0.2, 0.25) is 0 Å². The summed E-state index contributed by atoms with van der Waals surface area (Å²) in [5.74, 6) is 0.299. The van der Waals surface area contributed by atoms with Crippen LogP contribution in [0.2, 0.25) is 0 Å². The Morgan fingerprint density at radius 2 is 1.59 bits per heavy atom. The average Bonchev–Trinajstić information content (AvgIpc) is 3.00. The van der Waals surface area contributed by atoms with Gasteiger partial charge >= 0.3 is 0 Å². The standard InChI is InChI=1S/C25H33N3O/c29-25(24-9-8-22-10-12-26-13-11-23(22)19-24)7-4-14-27-15-17-28(18-16-27)20-21-5-2-1-3-6-21/h1-3,5-6,8-9,19,26H,4,7,10-18,20H2. The molecule has 0 radical (unpaired) electrons. The van der Waals surface area contributed by atoms with Crippen LogP contribution in [0.1, 0.15) is 39.9 Å². The lowest BCUT2D eigenvalue weighted by Gasteiger charge is -2.34. The second kappa shape index (κ2) is 10.1. The van der Waals surface area contributed by atoms with Crippen LogP contribution < -0.4 is 5.32 Å². The number of ketones is 1. The summed E-state index contributed by atoms with van der Waals surface area (Å²) in [5.41, 5.74) is 5.05. The molecular weight excluding hydrogens is 358 g/mol. The molecule has 2 aromatic carbocycles. The van der Waals surface area contributed by atoms with Crippen molar-refractivity contribution in [3.05, 3.63) is 70.8 Å². The Hall–Kier alpha value is -2.01. The summed E-state index contributed by atoms with van der Waals surface area (Å²) in [4.78, 5) is 17.7. The summed E-state index contributed by atoms with van der Waals surface area (Å²) >= 11 is 0. The molecule has 2 heterocycles. The van der Waals surface area contributed by atoms with Gasteiger partial charge in [0.15, 0.2) is 5.78 Å². The van der Waals surface area contributed by atoms with Crippen molar-refractivity contribution in [1.29, 1.82) is 0 Å². The van der Waals surface area contributed by atoms with E-state index in [1.54, 1.807) is 0 Å². The summed E-state index contributed by atoms with van der Waals surface area (Å²) in [6.45, 7) is 8.56. The average molecular weight is 392 g/mol. The lowest BCUT2D eigenvalue weighted by molar-refractivity contribution is 0.0959. The lowest BCUT2D eigenvalue weighted by Crippen LogP contribution is -2.46. The van der Waals surface area contributed by atoms with Crippen molar-refractivity contribution in [3.63, 3.8) is 0 Å². The Labute approximate surface area is 174 Å². The van der Waals surface area contributed by atoms with Gasteiger partial charge in [-0.2, -0.15) is 0 Å². The maximum atomic E-state index is 12.7. The first-order valence-corrected chi connectivity index (χ1v) is 11.1. The molecule has 2 aliphatic rings. The van der Waals surface area contributed by atoms with Crippen LogP contribution in [-0.2, 0) is 19.4 Å². The van der Waals surface area contributed by atoms with E-state index in [1.807, 2.05) is 6.07 Å². The van der Waals surface area contributed by atoms with Gasteiger partial charge < -0.3 is 10.2 Å². The van der Waals surface area contributed by atoms with E-state index in [1.165, 1.54) is 16.7 Å². The maximum Gasteiger partial charge on any atom is 0.162 e. The predicted molar refractivity (Wildman–Crippen MR) is 118 cm³/mol. The maximum absolute atomic E-state index is 12.7. The van der Waals surface area contributed by atoms with E-state index in [-0.39, 0.29) is 0 Å². The zero-order chi connectivity index (χ0) is 19.9. The molecule has 0 unspecified atom stereocenters. The van der Waals surface area contributed by atoms with Crippen LogP contribution in [0.3, 0.4) is 0 Å². The monoisotopic (exact) mass is 391 g/mol. The molecule has 1 N–H and O–H groups in total. The molecular formula is C25H33N3O. The van der Waals surface area contributed by atoms with E-state index < -0.39 is 0 Å². The number of Topliss-reactive ketones (excluding diaryl/α,β-unsaturated/α-hetero) is 1. The number of nitrogens with zero attached hydrogens (tertiary/aromatic N) is 2. The fourth-order valence-corrected chi connectivity index (χ4v) is 4.47. The zero-order valence-corrected chi connectivity index (χ0v) is 17.4. The van der Waals surface area contributed by atoms with E-state index in [4.69, 9.17) is 0 Å². The Kier molecular flexibility index (Phi) is 7.09. The lowest BCUT2D eigenvalue weighted by atomic mass is 9.97. The third kappa shape index (κ3) is 5.75. The second-order valence-electron chi connectivity index (χ2n) is 8.36. The SMILES string of the molecule is O=C(CCCN1CCN(Cc2ccccc2)CC1)c1ccc2c(c1)CCNCC2. The van der Waals surface area contributed by atoms with E-state index in [0.29, 0.717) is 12.2 Å². The molecule has 2 aliphatic heterocycles. The molecule has 4 rings (SSSR count). The Bertz CT molecular complexity index is 797. The fraction of sp³-hybridized carbons (Fsp3) is 0.480. The van der Waals surface area contributed by atoms with Gasteiger partial charge in [-0.25, -0.2) is 0 Å². The molecule has 0 aliphatic carbocycles. The predicted octanol–water partition coefficient (Wildman–Crippen LogP) is 3.16. The first-order chi connectivity index (χ1) is 14.3. The number of carbonyl (C=O) groups excluding carboxylic acids is 1. The molecule has 1 fully saturated rings. The number of hydrogen-bond acceptors (Lipinski definition) is 4. The van der Waals surface area contributed by atoms with Crippen LogP contribution in [0.4, 0.5) is 0 Å². The van der Waals surface area contributed by atoms with Crippen LogP contribution in [0.15, 0.2) is 48.5 Å². The third-order valence-electron chi connectivity index (χ3n) is 6.26. The largest absolute Gasteiger partial charge is 0.316 e. The summed E-state index contributed by atoms with van der Waals surface area (Å²) < 4.78 is 0. The van der Waals surface area contributed by atoms with E-state index in [9.17, 15) is 4.79 Å². The first-order valence-electron chi connectivity index (χ1n) is 11.1. The Morgan fingerprint density at radius 1 is 0.862 bits per heavy atom. The highest BCUT2D eigenvalue weighted by molar-refractivity contribution is 5.96. The summed E-state index contributed by atoms with van der Waals surface area (Å²) in [5, 5.41) is 3.44. The molecule has 154 valence electrons. The number of hydrogen-bond donors (Lipinski definition) is 1. The smallest absolute Gasteiger partial charge is 0.162 e. The van der Waals surface area contributed by atoms with Crippen LogP contribution >= 0.6 is 0 Å². The number of fused-ring (bicyclic) bond motifs is 1. The molecule has 0 spiro atoms. The molecule has 0 amide bonds. The van der Waals surface area contributed by atoms with E-state index in [0.717, 1.165) is 77.2 Å². The van der Waals surface area contributed by atoms with Gasteiger partial charge in [0.05, 0.1) is 0 Å². The first kappa shape index (κ1) is 20.3. The third-order valence-corrected chi connectivity index (χ3v) is 6.26. The van der Waals surface area contributed by atoms with Gasteiger partial charge in [0, 0.05) is 44.7 Å². The van der Waals surface area contributed by atoms with E-state index >= 15 is 0 Å². The van der Waals surface area contributed by atoms with Crippen molar-refractivity contribution in [3.8, 4) is 0 Å². The molecule has 4 heteroatoms.